The summed E-state index contributed by atoms with van der Waals surface area (Å²) >= 11 is 0. The largest absolute Gasteiger partial charge is 0.497 e. The SMILES string of the molecule is COC(=O)/C(C)=C(/c1ccc2ccc(-c3ccc(-c4cc(OC)ccc4F)cc3)nc2c1)C1CC1. The second-order valence-electron chi connectivity index (χ2n) is 8.83. The molecule has 1 heterocycles. The van der Waals surface area contributed by atoms with Crippen molar-refractivity contribution in [1.82, 2.24) is 4.98 Å². The van der Waals surface area contributed by atoms with Gasteiger partial charge in [0.25, 0.3) is 0 Å². The molecule has 0 aliphatic heterocycles. The van der Waals surface area contributed by atoms with E-state index in [-0.39, 0.29) is 11.8 Å². The lowest BCUT2D eigenvalue weighted by Gasteiger charge is -2.12. The van der Waals surface area contributed by atoms with E-state index in [1.165, 1.54) is 13.2 Å². The average molecular weight is 468 g/mol. The van der Waals surface area contributed by atoms with Gasteiger partial charge in [-0.1, -0.05) is 42.5 Å². The molecule has 35 heavy (non-hydrogen) atoms. The Morgan fingerprint density at radius 2 is 1.63 bits per heavy atom. The molecule has 1 saturated carbocycles. The number of aromatic nitrogens is 1. The van der Waals surface area contributed by atoms with Gasteiger partial charge in [0.05, 0.1) is 25.4 Å². The first-order chi connectivity index (χ1) is 17.0. The predicted molar refractivity (Wildman–Crippen MR) is 136 cm³/mol. The molecule has 0 unspecified atom stereocenters. The van der Waals surface area contributed by atoms with Crippen molar-refractivity contribution in [1.29, 1.82) is 0 Å². The molecule has 176 valence electrons. The molecule has 5 rings (SSSR count). The third-order valence-corrected chi connectivity index (χ3v) is 6.55. The number of carbonyl (C=O) groups excluding carboxylic acids is 1. The highest BCUT2D eigenvalue weighted by atomic mass is 19.1. The summed E-state index contributed by atoms with van der Waals surface area (Å²) in [5.74, 6) is 0.414. The number of hydrogen-bond donors (Lipinski definition) is 0. The van der Waals surface area contributed by atoms with Gasteiger partial charge in [-0.3, -0.25) is 0 Å². The molecule has 0 spiro atoms. The second kappa shape index (κ2) is 9.34. The monoisotopic (exact) mass is 467 g/mol. The normalized spacial score (nSPS) is 13.9. The number of fused-ring (bicyclic) bond motifs is 1. The van der Waals surface area contributed by atoms with Crippen molar-refractivity contribution < 1.29 is 18.7 Å². The Balaban J connectivity index is 1.51. The fourth-order valence-corrected chi connectivity index (χ4v) is 4.51. The van der Waals surface area contributed by atoms with Crippen molar-refractivity contribution in [2.75, 3.05) is 14.2 Å². The summed E-state index contributed by atoms with van der Waals surface area (Å²) in [5.41, 5.74) is 6.61. The number of rotatable bonds is 6. The van der Waals surface area contributed by atoms with Gasteiger partial charge in [-0.2, -0.15) is 0 Å². The quantitative estimate of drug-likeness (QED) is 0.225. The van der Waals surface area contributed by atoms with E-state index >= 15 is 0 Å². The standard InChI is InChI=1S/C30H26FNO3/c1-18(30(33)35-3)29(22-9-10-22)23-11-8-21-12-15-27(32-28(21)16-23)20-6-4-19(5-7-20)25-17-24(34-2)13-14-26(25)31/h4-8,11-17,22H,9-10H2,1-3H3/b29-18+. The number of methoxy groups -OCH3 is 2. The topological polar surface area (TPSA) is 48.4 Å². The minimum atomic E-state index is -0.295. The third-order valence-electron chi connectivity index (χ3n) is 6.55. The molecule has 0 radical (unpaired) electrons. The van der Waals surface area contributed by atoms with Gasteiger partial charge in [0, 0.05) is 22.1 Å². The van der Waals surface area contributed by atoms with Crippen LogP contribution >= 0.6 is 0 Å². The minimum absolute atomic E-state index is 0.290. The Morgan fingerprint density at radius 1 is 0.914 bits per heavy atom. The third kappa shape index (κ3) is 4.54. The highest BCUT2D eigenvalue weighted by molar-refractivity contribution is 5.99. The zero-order valence-corrected chi connectivity index (χ0v) is 20.0. The van der Waals surface area contributed by atoms with Crippen LogP contribution in [0.15, 0.2) is 78.4 Å². The first-order valence-corrected chi connectivity index (χ1v) is 11.6. The maximum atomic E-state index is 14.4. The average Bonchev–Trinajstić information content (AvgIpc) is 3.73. The van der Waals surface area contributed by atoms with Crippen molar-refractivity contribution in [3.05, 3.63) is 89.8 Å². The van der Waals surface area contributed by atoms with E-state index in [4.69, 9.17) is 14.5 Å². The van der Waals surface area contributed by atoms with Crippen LogP contribution in [0.25, 0.3) is 38.9 Å². The minimum Gasteiger partial charge on any atom is -0.497 e. The van der Waals surface area contributed by atoms with Crippen LogP contribution in [0.2, 0.25) is 0 Å². The molecule has 3 aromatic carbocycles. The summed E-state index contributed by atoms with van der Waals surface area (Å²) in [4.78, 5) is 17.1. The van der Waals surface area contributed by atoms with Crippen LogP contribution in [0, 0.1) is 11.7 Å². The second-order valence-corrected chi connectivity index (χ2v) is 8.83. The van der Waals surface area contributed by atoms with Crippen LogP contribution in [0.1, 0.15) is 25.3 Å². The van der Waals surface area contributed by atoms with Crippen LogP contribution in [0.4, 0.5) is 4.39 Å². The molecule has 4 nitrogen and oxygen atoms in total. The zero-order valence-electron chi connectivity index (χ0n) is 20.0. The van der Waals surface area contributed by atoms with Crippen molar-refractivity contribution >= 4 is 22.4 Å². The molecule has 0 amide bonds. The number of esters is 1. The van der Waals surface area contributed by atoms with Gasteiger partial charge in [-0.05, 0) is 72.7 Å². The van der Waals surface area contributed by atoms with Gasteiger partial charge in [-0.25, -0.2) is 14.2 Å². The van der Waals surface area contributed by atoms with Crippen LogP contribution in [0.5, 0.6) is 5.75 Å². The van der Waals surface area contributed by atoms with E-state index in [1.54, 1.807) is 19.2 Å². The van der Waals surface area contributed by atoms with Crippen LogP contribution < -0.4 is 4.74 Å². The summed E-state index contributed by atoms with van der Waals surface area (Å²) < 4.78 is 24.6. The zero-order chi connectivity index (χ0) is 24.5. The molecule has 0 bridgehead atoms. The van der Waals surface area contributed by atoms with Gasteiger partial charge in [0.2, 0.25) is 0 Å². The Hall–Kier alpha value is -3.99. The molecular weight excluding hydrogens is 441 g/mol. The van der Waals surface area contributed by atoms with E-state index in [0.29, 0.717) is 22.8 Å². The van der Waals surface area contributed by atoms with Gasteiger partial charge in [0.15, 0.2) is 0 Å². The number of hydrogen-bond acceptors (Lipinski definition) is 4. The van der Waals surface area contributed by atoms with E-state index < -0.39 is 0 Å². The number of benzene rings is 3. The van der Waals surface area contributed by atoms with Crippen molar-refractivity contribution in [2.45, 2.75) is 19.8 Å². The first kappa shape index (κ1) is 22.8. The van der Waals surface area contributed by atoms with Crippen LogP contribution in [-0.2, 0) is 9.53 Å². The van der Waals surface area contributed by atoms with E-state index in [9.17, 15) is 9.18 Å². The Labute approximate surface area is 204 Å². The summed E-state index contributed by atoms with van der Waals surface area (Å²) in [7, 11) is 2.98. The number of ether oxygens (including phenoxy) is 2. The predicted octanol–water partition coefficient (Wildman–Crippen LogP) is 7.07. The summed E-state index contributed by atoms with van der Waals surface area (Å²) in [6.45, 7) is 1.83. The lowest BCUT2D eigenvalue weighted by atomic mass is 9.95. The van der Waals surface area contributed by atoms with Gasteiger partial charge in [-0.15, -0.1) is 0 Å². The summed E-state index contributed by atoms with van der Waals surface area (Å²) in [6, 6.07) is 22.6. The highest BCUT2D eigenvalue weighted by Crippen LogP contribution is 2.44. The molecule has 1 aliphatic carbocycles. The highest BCUT2D eigenvalue weighted by Gasteiger charge is 2.30. The van der Waals surface area contributed by atoms with Gasteiger partial charge in [0.1, 0.15) is 11.6 Å². The maximum absolute atomic E-state index is 14.4. The number of pyridine rings is 1. The molecule has 1 fully saturated rings. The number of nitrogens with zero attached hydrogens (tertiary/aromatic N) is 1. The van der Waals surface area contributed by atoms with E-state index in [2.05, 4.69) is 12.1 Å². The summed E-state index contributed by atoms with van der Waals surface area (Å²) in [5, 5.41) is 1.03. The number of halogens is 1. The fourth-order valence-electron chi connectivity index (χ4n) is 4.51. The van der Waals surface area contributed by atoms with Gasteiger partial charge < -0.3 is 9.47 Å². The molecule has 4 aromatic rings. The Morgan fingerprint density at radius 3 is 2.31 bits per heavy atom. The van der Waals surface area contributed by atoms with Crippen molar-refractivity contribution in [3.8, 4) is 28.1 Å². The van der Waals surface area contributed by atoms with Gasteiger partial charge >= 0.3 is 5.97 Å². The van der Waals surface area contributed by atoms with E-state index in [0.717, 1.165) is 51.7 Å². The molecule has 0 atom stereocenters. The number of carbonyl (C=O) groups is 1. The first-order valence-electron chi connectivity index (χ1n) is 11.6. The maximum Gasteiger partial charge on any atom is 0.333 e. The molecule has 5 heteroatoms. The van der Waals surface area contributed by atoms with Crippen LogP contribution in [-0.4, -0.2) is 25.2 Å². The molecular formula is C30H26FNO3. The fraction of sp³-hybridized carbons (Fsp3) is 0.200. The van der Waals surface area contributed by atoms with E-state index in [1.807, 2.05) is 49.4 Å². The molecule has 1 aromatic heterocycles. The molecule has 0 saturated heterocycles. The smallest absolute Gasteiger partial charge is 0.333 e. The summed E-state index contributed by atoms with van der Waals surface area (Å²) in [6.07, 6.45) is 2.16. The molecule has 1 aliphatic rings. The van der Waals surface area contributed by atoms with Crippen LogP contribution in [0.3, 0.4) is 0 Å². The lowest BCUT2D eigenvalue weighted by Crippen LogP contribution is -2.06. The van der Waals surface area contributed by atoms with Crippen molar-refractivity contribution in [3.63, 3.8) is 0 Å². The molecule has 0 N–H and O–H groups in total. The number of allylic oxidation sites excluding steroid dienone is 1. The Bertz CT molecular complexity index is 1450. The van der Waals surface area contributed by atoms with Crippen molar-refractivity contribution in [2.24, 2.45) is 5.92 Å². The Kier molecular flexibility index (Phi) is 6.08. The lowest BCUT2D eigenvalue weighted by molar-refractivity contribution is -0.135.